The van der Waals surface area contributed by atoms with Gasteiger partial charge in [0.1, 0.15) is 12.3 Å². The summed E-state index contributed by atoms with van der Waals surface area (Å²) in [4.78, 5) is 59.9. The highest BCUT2D eigenvalue weighted by molar-refractivity contribution is 8.18. The van der Waals surface area contributed by atoms with Gasteiger partial charge < -0.3 is 19.5 Å². The summed E-state index contributed by atoms with van der Waals surface area (Å²) in [7, 11) is 1.45. The quantitative estimate of drug-likeness (QED) is 0.171. The van der Waals surface area contributed by atoms with Crippen LogP contribution in [0.15, 0.2) is 65.6 Å². The van der Waals surface area contributed by atoms with Crippen LogP contribution in [0.3, 0.4) is 0 Å². The van der Waals surface area contributed by atoms with Crippen molar-refractivity contribution < 1.29 is 38.4 Å². The van der Waals surface area contributed by atoms with Crippen molar-refractivity contribution in [3.8, 4) is 23.0 Å². The summed E-state index contributed by atoms with van der Waals surface area (Å²) in [6.45, 7) is 1.39. The molecule has 3 amide bonds. The van der Waals surface area contributed by atoms with E-state index in [0.717, 1.165) is 23.1 Å². The highest BCUT2D eigenvalue weighted by atomic mass is 32.2. The molecule has 0 atom stereocenters. The fraction of sp³-hybridized carbons (Fsp3) is 0.148. The average Bonchev–Trinajstić information content (AvgIpc) is 3.21. The first kappa shape index (κ1) is 29.5. The number of nitro benzene ring substituents is 2. The zero-order chi connectivity index (χ0) is 30.4. The van der Waals surface area contributed by atoms with Crippen LogP contribution in [0.1, 0.15) is 12.5 Å². The van der Waals surface area contributed by atoms with Gasteiger partial charge in [-0.2, -0.15) is 0 Å². The lowest BCUT2D eigenvalue weighted by molar-refractivity contribution is -0.394. The second-order valence-corrected chi connectivity index (χ2v) is 9.42. The van der Waals surface area contributed by atoms with Crippen LogP contribution >= 0.6 is 11.8 Å². The normalized spacial score (nSPS) is 13.7. The molecule has 4 rings (SSSR count). The Labute approximate surface area is 242 Å². The number of para-hydroxylation sites is 2. The minimum atomic E-state index is -0.802. The zero-order valence-electron chi connectivity index (χ0n) is 22.1. The third-order valence-electron chi connectivity index (χ3n) is 5.69. The molecular formula is C27H22N4O10S. The molecule has 0 spiro atoms. The Morgan fingerprint density at radius 1 is 0.976 bits per heavy atom. The second kappa shape index (κ2) is 12.8. The minimum absolute atomic E-state index is 0.0622. The number of ether oxygens (including phenoxy) is 3. The van der Waals surface area contributed by atoms with E-state index in [0.29, 0.717) is 28.8 Å². The van der Waals surface area contributed by atoms with Crippen LogP contribution in [-0.2, 0) is 9.59 Å². The molecule has 1 N–H and O–H groups in total. The van der Waals surface area contributed by atoms with Gasteiger partial charge >= 0.3 is 5.69 Å². The van der Waals surface area contributed by atoms with E-state index in [4.69, 9.17) is 14.2 Å². The van der Waals surface area contributed by atoms with Crippen molar-refractivity contribution in [2.24, 2.45) is 0 Å². The molecule has 42 heavy (non-hydrogen) atoms. The Hall–Kier alpha value is -5.44. The van der Waals surface area contributed by atoms with E-state index in [1.807, 2.05) is 0 Å². The molecule has 216 valence electrons. The van der Waals surface area contributed by atoms with E-state index in [1.165, 1.54) is 31.4 Å². The first-order chi connectivity index (χ1) is 20.1. The first-order valence-electron chi connectivity index (χ1n) is 12.2. The van der Waals surface area contributed by atoms with Gasteiger partial charge in [0.15, 0.2) is 11.5 Å². The number of carbonyl (C=O) groups is 3. The Bertz CT molecular complexity index is 1620. The van der Waals surface area contributed by atoms with E-state index in [-0.39, 0.29) is 28.8 Å². The van der Waals surface area contributed by atoms with E-state index < -0.39 is 44.8 Å². The van der Waals surface area contributed by atoms with E-state index >= 15 is 0 Å². The molecular weight excluding hydrogens is 572 g/mol. The fourth-order valence-corrected chi connectivity index (χ4v) is 4.64. The van der Waals surface area contributed by atoms with Gasteiger partial charge in [0.05, 0.1) is 40.2 Å². The smallest absolute Gasteiger partial charge is 0.318 e. The molecule has 0 saturated carbocycles. The third kappa shape index (κ3) is 6.64. The number of nitrogens with zero attached hydrogens (tertiary/aromatic N) is 3. The standard InChI is InChI=1S/C27H22N4O10S/c1-3-40-23-12-16(8-10-22(23)41-21-11-9-17(30(35)36)14-19(21)31(37)38)13-24-26(33)29(27(34)42-24)15-25(32)28-18-6-4-5-7-20(18)39-2/h4-14H,3,15H2,1-2H3,(H,28,32)/b24-13+. The lowest BCUT2D eigenvalue weighted by Crippen LogP contribution is -2.36. The van der Waals surface area contributed by atoms with Crippen molar-refractivity contribution >= 4 is 52.0 Å². The van der Waals surface area contributed by atoms with Gasteiger partial charge in [0.25, 0.3) is 16.8 Å². The Morgan fingerprint density at radius 3 is 2.40 bits per heavy atom. The van der Waals surface area contributed by atoms with Crippen LogP contribution < -0.4 is 19.5 Å². The summed E-state index contributed by atoms with van der Waals surface area (Å²) >= 11 is 0.659. The van der Waals surface area contributed by atoms with Crippen LogP contribution in [0.4, 0.5) is 21.9 Å². The number of imide groups is 1. The summed E-state index contributed by atoms with van der Waals surface area (Å²) in [5.74, 6) is -0.850. The van der Waals surface area contributed by atoms with Crippen LogP contribution in [0.2, 0.25) is 0 Å². The molecule has 1 aliphatic rings. The third-order valence-corrected chi connectivity index (χ3v) is 6.60. The fourth-order valence-electron chi connectivity index (χ4n) is 3.80. The van der Waals surface area contributed by atoms with Gasteiger partial charge in [0, 0.05) is 6.07 Å². The Kier molecular flexibility index (Phi) is 9.02. The topological polar surface area (TPSA) is 180 Å². The summed E-state index contributed by atoms with van der Waals surface area (Å²) in [6, 6.07) is 14.1. The molecule has 1 aliphatic heterocycles. The maximum Gasteiger partial charge on any atom is 0.318 e. The summed E-state index contributed by atoms with van der Waals surface area (Å²) in [6.07, 6.45) is 1.43. The molecule has 1 saturated heterocycles. The molecule has 0 aliphatic carbocycles. The highest BCUT2D eigenvalue weighted by Gasteiger charge is 2.36. The molecule has 3 aromatic rings. The number of hydrogen-bond donors (Lipinski definition) is 1. The number of anilines is 1. The number of carbonyl (C=O) groups excluding carboxylic acids is 3. The lowest BCUT2D eigenvalue weighted by Gasteiger charge is -2.14. The molecule has 0 aromatic heterocycles. The number of thioether (sulfide) groups is 1. The maximum absolute atomic E-state index is 13.0. The van der Waals surface area contributed by atoms with Crippen LogP contribution in [0.5, 0.6) is 23.0 Å². The largest absolute Gasteiger partial charge is 0.495 e. The summed E-state index contributed by atoms with van der Waals surface area (Å²) in [5.41, 5.74) is -0.259. The van der Waals surface area contributed by atoms with Crippen LogP contribution in [0, 0.1) is 20.2 Å². The maximum atomic E-state index is 13.0. The van der Waals surface area contributed by atoms with Crippen molar-refractivity contribution in [2.45, 2.75) is 6.92 Å². The molecule has 0 radical (unpaired) electrons. The minimum Gasteiger partial charge on any atom is -0.495 e. The van der Waals surface area contributed by atoms with Crippen LogP contribution in [-0.4, -0.2) is 52.1 Å². The van der Waals surface area contributed by atoms with E-state index in [9.17, 15) is 34.6 Å². The second-order valence-electron chi connectivity index (χ2n) is 8.42. The van der Waals surface area contributed by atoms with Crippen molar-refractivity contribution in [1.82, 2.24) is 4.90 Å². The number of nitrogens with one attached hydrogen (secondary N) is 1. The van der Waals surface area contributed by atoms with Gasteiger partial charge in [-0.3, -0.25) is 39.5 Å². The molecule has 14 nitrogen and oxygen atoms in total. The molecule has 15 heteroatoms. The van der Waals surface area contributed by atoms with Gasteiger partial charge in [-0.05, 0) is 60.7 Å². The predicted octanol–water partition coefficient (Wildman–Crippen LogP) is 5.38. The highest BCUT2D eigenvalue weighted by Crippen LogP contribution is 2.40. The van der Waals surface area contributed by atoms with Crippen molar-refractivity contribution in [3.63, 3.8) is 0 Å². The Morgan fingerprint density at radius 2 is 1.71 bits per heavy atom. The predicted molar refractivity (Wildman–Crippen MR) is 152 cm³/mol. The SMILES string of the molecule is CCOc1cc(/C=C2/SC(=O)N(CC(=O)Nc3ccccc3OC)C2=O)ccc1Oc1ccc([N+](=O)[O-])cc1[N+](=O)[O-]. The number of nitro groups is 2. The van der Waals surface area contributed by atoms with Gasteiger partial charge in [-0.25, -0.2) is 0 Å². The number of amides is 3. The first-order valence-corrected chi connectivity index (χ1v) is 13.0. The average molecular weight is 595 g/mol. The van der Waals surface area contributed by atoms with Crippen molar-refractivity contribution in [2.75, 3.05) is 25.6 Å². The number of benzene rings is 3. The Balaban J connectivity index is 1.53. The molecule has 0 unspecified atom stereocenters. The van der Waals surface area contributed by atoms with E-state index in [2.05, 4.69) is 5.32 Å². The monoisotopic (exact) mass is 594 g/mol. The van der Waals surface area contributed by atoms with Gasteiger partial charge in [-0.1, -0.05) is 18.2 Å². The van der Waals surface area contributed by atoms with Crippen LogP contribution in [0.25, 0.3) is 6.08 Å². The lowest BCUT2D eigenvalue weighted by atomic mass is 10.1. The number of methoxy groups -OCH3 is 1. The van der Waals surface area contributed by atoms with Gasteiger partial charge in [-0.15, -0.1) is 0 Å². The molecule has 3 aromatic carbocycles. The molecule has 1 fully saturated rings. The van der Waals surface area contributed by atoms with Gasteiger partial charge in [0.2, 0.25) is 11.7 Å². The number of hydrogen-bond acceptors (Lipinski definition) is 11. The molecule has 0 bridgehead atoms. The van der Waals surface area contributed by atoms with Crippen molar-refractivity contribution in [3.05, 3.63) is 91.4 Å². The zero-order valence-corrected chi connectivity index (χ0v) is 22.9. The number of non-ortho nitro benzene ring substituents is 1. The number of rotatable bonds is 11. The molecule has 1 heterocycles. The summed E-state index contributed by atoms with van der Waals surface area (Å²) in [5, 5.41) is 24.5. The van der Waals surface area contributed by atoms with Crippen molar-refractivity contribution in [1.29, 1.82) is 0 Å². The van der Waals surface area contributed by atoms with E-state index in [1.54, 1.807) is 31.2 Å². The summed E-state index contributed by atoms with van der Waals surface area (Å²) < 4.78 is 16.5.